The Labute approximate surface area is 173 Å². The van der Waals surface area contributed by atoms with Gasteiger partial charge in [0, 0.05) is 24.3 Å². The average molecular weight is 436 g/mol. The second-order valence-corrected chi connectivity index (χ2v) is 5.68. The maximum Gasteiger partial charge on any atom is 0.354 e. The Morgan fingerprint density at radius 1 is 0.581 bits per heavy atom. The van der Waals surface area contributed by atoms with E-state index in [9.17, 15) is 19.2 Å². The van der Waals surface area contributed by atoms with E-state index in [1.807, 2.05) is 0 Å². The second kappa shape index (κ2) is 10.5. The predicted octanol–water partition coefficient (Wildman–Crippen LogP) is 0.744. The Hall–Kier alpha value is -4.26. The van der Waals surface area contributed by atoms with Crippen LogP contribution in [-0.4, -0.2) is 80.7 Å². The molecule has 2 heterocycles. The van der Waals surface area contributed by atoms with Crippen LogP contribution >= 0.6 is 0 Å². The molecule has 0 spiro atoms. The van der Waals surface area contributed by atoms with E-state index in [0.29, 0.717) is 0 Å². The fraction of sp³-hybridized carbons (Fsp3) is 0.222. The van der Waals surface area contributed by atoms with Gasteiger partial charge < -0.3 is 34.6 Å². The number of ether oxygens (including phenoxy) is 3. The molecule has 0 atom stereocenters. The minimum Gasteiger partial charge on any atom is -0.491 e. The first kappa shape index (κ1) is 23.0. The summed E-state index contributed by atoms with van der Waals surface area (Å²) in [7, 11) is 0. The van der Waals surface area contributed by atoms with Crippen LogP contribution in [0.5, 0.6) is 11.5 Å². The number of nitrogens with zero attached hydrogens (tertiary/aromatic N) is 2. The summed E-state index contributed by atoms with van der Waals surface area (Å²) in [5.74, 6) is -5.65. The minimum atomic E-state index is -1.41. The van der Waals surface area contributed by atoms with Crippen molar-refractivity contribution in [3.05, 3.63) is 47.0 Å². The molecule has 0 aliphatic carbocycles. The molecule has 0 aliphatic heterocycles. The standard InChI is InChI=1S/C18H16N2O11/c21-15(22)11-5-9(6-12(19-11)16(23)24)30-3-1-29-2-4-31-10-7-13(17(25)26)20-14(8-10)18(27)28/h5-8H,1-4H2,(H,21,22)(H,23,24)(H,25,26)(H,27,28). The second-order valence-electron chi connectivity index (χ2n) is 5.68. The number of carboxylic acid groups (broad SMARTS) is 4. The van der Waals surface area contributed by atoms with Crippen molar-refractivity contribution in [1.82, 2.24) is 9.97 Å². The summed E-state index contributed by atoms with van der Waals surface area (Å²) in [4.78, 5) is 50.9. The number of carboxylic acids is 4. The first-order valence-corrected chi connectivity index (χ1v) is 8.48. The first-order valence-electron chi connectivity index (χ1n) is 8.48. The van der Waals surface area contributed by atoms with Gasteiger partial charge in [0.2, 0.25) is 0 Å². The summed E-state index contributed by atoms with van der Waals surface area (Å²) in [5.41, 5.74) is -1.93. The van der Waals surface area contributed by atoms with Crippen LogP contribution in [0.3, 0.4) is 0 Å². The molecular weight excluding hydrogens is 420 g/mol. The van der Waals surface area contributed by atoms with Crippen LogP contribution in [0.1, 0.15) is 42.0 Å². The lowest BCUT2D eigenvalue weighted by Crippen LogP contribution is -2.14. The number of aromatic carboxylic acids is 4. The van der Waals surface area contributed by atoms with E-state index in [0.717, 1.165) is 24.3 Å². The molecular formula is C18H16N2O11. The lowest BCUT2D eigenvalue weighted by atomic mass is 10.3. The SMILES string of the molecule is O=C(O)c1cc(OCCOCCOc2cc(C(=O)O)nc(C(=O)O)c2)cc(C(=O)O)n1. The quantitative estimate of drug-likeness (QED) is 0.339. The molecule has 0 radical (unpaired) electrons. The molecule has 13 heteroatoms. The number of aromatic nitrogens is 2. The maximum absolute atomic E-state index is 11.0. The van der Waals surface area contributed by atoms with Crippen molar-refractivity contribution in [2.24, 2.45) is 0 Å². The molecule has 2 aromatic rings. The predicted molar refractivity (Wildman–Crippen MR) is 98.1 cm³/mol. The third-order valence-electron chi connectivity index (χ3n) is 3.47. The van der Waals surface area contributed by atoms with Gasteiger partial charge in [-0.05, 0) is 0 Å². The van der Waals surface area contributed by atoms with E-state index < -0.39 is 46.7 Å². The Bertz CT molecular complexity index is 862. The van der Waals surface area contributed by atoms with Crippen LogP contribution in [0.4, 0.5) is 0 Å². The molecule has 0 unspecified atom stereocenters. The van der Waals surface area contributed by atoms with Gasteiger partial charge in [0.25, 0.3) is 0 Å². The van der Waals surface area contributed by atoms with Gasteiger partial charge in [0.05, 0.1) is 13.2 Å². The Morgan fingerprint density at radius 3 is 1.13 bits per heavy atom. The summed E-state index contributed by atoms with van der Waals surface area (Å²) in [5, 5.41) is 35.8. The van der Waals surface area contributed by atoms with Crippen LogP contribution in [-0.2, 0) is 4.74 Å². The molecule has 4 N–H and O–H groups in total. The van der Waals surface area contributed by atoms with Gasteiger partial charge in [-0.2, -0.15) is 0 Å². The van der Waals surface area contributed by atoms with Crippen molar-refractivity contribution in [3.63, 3.8) is 0 Å². The van der Waals surface area contributed by atoms with Gasteiger partial charge in [0.1, 0.15) is 24.7 Å². The molecule has 0 saturated heterocycles. The molecule has 0 saturated carbocycles. The smallest absolute Gasteiger partial charge is 0.354 e. The van der Waals surface area contributed by atoms with Crippen LogP contribution in [0.2, 0.25) is 0 Å². The van der Waals surface area contributed by atoms with Gasteiger partial charge >= 0.3 is 23.9 Å². The summed E-state index contributed by atoms with van der Waals surface area (Å²) >= 11 is 0. The van der Waals surface area contributed by atoms with Crippen molar-refractivity contribution in [3.8, 4) is 11.5 Å². The number of carbonyl (C=O) groups is 4. The van der Waals surface area contributed by atoms with Gasteiger partial charge in [-0.25, -0.2) is 29.1 Å². The van der Waals surface area contributed by atoms with E-state index >= 15 is 0 Å². The zero-order valence-corrected chi connectivity index (χ0v) is 15.7. The molecule has 31 heavy (non-hydrogen) atoms. The zero-order chi connectivity index (χ0) is 23.0. The Balaban J connectivity index is 1.81. The summed E-state index contributed by atoms with van der Waals surface area (Å²) < 4.78 is 15.8. The van der Waals surface area contributed by atoms with Crippen molar-refractivity contribution in [2.45, 2.75) is 0 Å². The lowest BCUT2D eigenvalue weighted by molar-refractivity contribution is 0.0663. The molecule has 164 valence electrons. The van der Waals surface area contributed by atoms with Gasteiger partial charge in [-0.15, -0.1) is 0 Å². The highest BCUT2D eigenvalue weighted by molar-refractivity contribution is 5.91. The molecule has 2 rings (SSSR count). The fourth-order valence-corrected chi connectivity index (χ4v) is 2.15. The van der Waals surface area contributed by atoms with E-state index in [1.165, 1.54) is 0 Å². The van der Waals surface area contributed by atoms with Gasteiger partial charge in [0.15, 0.2) is 22.8 Å². The number of pyridine rings is 2. The molecule has 0 fully saturated rings. The molecule has 13 nitrogen and oxygen atoms in total. The molecule has 0 aliphatic rings. The minimum absolute atomic E-state index is 0.0103. The summed E-state index contributed by atoms with van der Waals surface area (Å²) in [6.07, 6.45) is 0. The Morgan fingerprint density at radius 2 is 0.871 bits per heavy atom. The largest absolute Gasteiger partial charge is 0.491 e. The third-order valence-corrected chi connectivity index (χ3v) is 3.47. The highest BCUT2D eigenvalue weighted by atomic mass is 16.5. The van der Waals surface area contributed by atoms with E-state index in [1.54, 1.807) is 0 Å². The van der Waals surface area contributed by atoms with Crippen molar-refractivity contribution in [1.29, 1.82) is 0 Å². The fourth-order valence-electron chi connectivity index (χ4n) is 2.15. The molecule has 0 bridgehead atoms. The van der Waals surface area contributed by atoms with E-state index in [4.69, 9.17) is 34.6 Å². The summed E-state index contributed by atoms with van der Waals surface area (Å²) in [6, 6.07) is 4.28. The molecule has 0 aromatic carbocycles. The van der Waals surface area contributed by atoms with Gasteiger partial charge in [-0.3, -0.25) is 0 Å². The average Bonchev–Trinajstić information content (AvgIpc) is 2.72. The molecule has 0 amide bonds. The highest BCUT2D eigenvalue weighted by Gasteiger charge is 2.15. The van der Waals surface area contributed by atoms with E-state index in [2.05, 4.69) is 9.97 Å². The maximum atomic E-state index is 11.0. The summed E-state index contributed by atoms with van der Waals surface area (Å²) in [6.45, 7) is -0.00535. The first-order chi connectivity index (χ1) is 14.7. The number of hydrogen-bond donors (Lipinski definition) is 4. The third kappa shape index (κ3) is 6.93. The van der Waals surface area contributed by atoms with Crippen LogP contribution in [0.15, 0.2) is 24.3 Å². The topological polar surface area (TPSA) is 203 Å². The zero-order valence-electron chi connectivity index (χ0n) is 15.7. The molecule has 2 aromatic heterocycles. The highest BCUT2D eigenvalue weighted by Crippen LogP contribution is 2.16. The van der Waals surface area contributed by atoms with Crippen molar-refractivity contribution >= 4 is 23.9 Å². The monoisotopic (exact) mass is 436 g/mol. The number of hydrogen-bond acceptors (Lipinski definition) is 9. The van der Waals surface area contributed by atoms with Crippen LogP contribution < -0.4 is 9.47 Å². The van der Waals surface area contributed by atoms with Crippen LogP contribution in [0, 0.1) is 0 Å². The number of rotatable bonds is 12. The van der Waals surface area contributed by atoms with E-state index in [-0.39, 0.29) is 37.9 Å². The van der Waals surface area contributed by atoms with Crippen molar-refractivity contribution < 1.29 is 53.8 Å². The van der Waals surface area contributed by atoms with Gasteiger partial charge in [-0.1, -0.05) is 0 Å². The normalized spacial score (nSPS) is 10.3. The lowest BCUT2D eigenvalue weighted by Gasteiger charge is -2.10. The van der Waals surface area contributed by atoms with Crippen molar-refractivity contribution in [2.75, 3.05) is 26.4 Å². The van der Waals surface area contributed by atoms with Crippen LogP contribution in [0.25, 0.3) is 0 Å². The Kier molecular flexibility index (Phi) is 7.80.